The summed E-state index contributed by atoms with van der Waals surface area (Å²) in [4.78, 5) is 2.54. The maximum atomic E-state index is 11.4. The van der Waals surface area contributed by atoms with E-state index in [4.69, 9.17) is 0 Å². The molecule has 21 heavy (non-hydrogen) atoms. The topological polar surface area (TPSA) is 49.4 Å². The van der Waals surface area contributed by atoms with Gasteiger partial charge in [-0.2, -0.15) is 0 Å². The third-order valence-corrected chi connectivity index (χ3v) is 6.14. The van der Waals surface area contributed by atoms with Gasteiger partial charge in [0.15, 0.2) is 0 Å². The first-order valence-electron chi connectivity index (χ1n) is 8.18. The third kappa shape index (κ3) is 4.67. The summed E-state index contributed by atoms with van der Waals surface area (Å²) in [6.45, 7) is 12.1. The predicted molar refractivity (Wildman–Crippen MR) is 88.3 cm³/mol. The van der Waals surface area contributed by atoms with Crippen molar-refractivity contribution in [3.8, 4) is 0 Å². The van der Waals surface area contributed by atoms with E-state index in [0.29, 0.717) is 11.8 Å². The lowest BCUT2D eigenvalue weighted by molar-refractivity contribution is 0.0206. The lowest BCUT2D eigenvalue weighted by Gasteiger charge is -2.51. The molecule has 0 amide bonds. The summed E-state index contributed by atoms with van der Waals surface area (Å²) >= 11 is 0. The van der Waals surface area contributed by atoms with Crippen LogP contribution in [0.1, 0.15) is 47.0 Å². The Morgan fingerprint density at radius 3 is 2.38 bits per heavy atom. The highest BCUT2D eigenvalue weighted by Crippen LogP contribution is 2.42. The molecule has 2 rings (SSSR count). The monoisotopic (exact) mass is 316 g/mol. The molecule has 1 saturated carbocycles. The third-order valence-electron chi connectivity index (χ3n) is 5.11. The minimum atomic E-state index is -2.85. The summed E-state index contributed by atoms with van der Waals surface area (Å²) in [5.41, 5.74) is 0.426. The maximum absolute atomic E-state index is 11.4. The second kappa shape index (κ2) is 5.82. The van der Waals surface area contributed by atoms with E-state index in [-0.39, 0.29) is 11.0 Å². The summed E-state index contributed by atoms with van der Waals surface area (Å²) in [6, 6.07) is 0.476. The molecule has 1 heterocycles. The SMILES string of the molecule is CC(C)(C)C1CNC(C)(C2CC2)CN1CCCS(C)(=O)=O. The fraction of sp³-hybridized carbons (Fsp3) is 1.00. The zero-order valence-electron chi connectivity index (χ0n) is 14.3. The standard InChI is InChI=1S/C16H32N2O2S/c1-15(2,3)14-11-17-16(4,13-7-8-13)12-18(14)9-6-10-21(5,19)20/h13-14,17H,6-12H2,1-5H3. The van der Waals surface area contributed by atoms with Crippen LogP contribution in [-0.2, 0) is 9.84 Å². The molecule has 0 aromatic rings. The van der Waals surface area contributed by atoms with Crippen LogP contribution in [0.25, 0.3) is 0 Å². The van der Waals surface area contributed by atoms with Crippen molar-refractivity contribution in [2.75, 3.05) is 31.6 Å². The first-order chi connectivity index (χ1) is 9.51. The molecule has 0 aromatic carbocycles. The van der Waals surface area contributed by atoms with Gasteiger partial charge in [-0.25, -0.2) is 8.42 Å². The zero-order valence-corrected chi connectivity index (χ0v) is 15.1. The lowest BCUT2D eigenvalue weighted by Crippen LogP contribution is -2.66. The largest absolute Gasteiger partial charge is 0.308 e. The van der Waals surface area contributed by atoms with Crippen LogP contribution < -0.4 is 5.32 Å². The highest BCUT2D eigenvalue weighted by molar-refractivity contribution is 7.90. The van der Waals surface area contributed by atoms with Crippen molar-refractivity contribution in [1.29, 1.82) is 0 Å². The van der Waals surface area contributed by atoms with E-state index in [1.807, 2.05) is 0 Å². The van der Waals surface area contributed by atoms with Gasteiger partial charge in [0.25, 0.3) is 0 Å². The molecule has 2 fully saturated rings. The fourth-order valence-electron chi connectivity index (χ4n) is 3.66. The minimum Gasteiger partial charge on any atom is -0.308 e. The molecule has 0 radical (unpaired) electrons. The Hall–Kier alpha value is -0.130. The number of hydrogen-bond acceptors (Lipinski definition) is 4. The van der Waals surface area contributed by atoms with Gasteiger partial charge in [-0.1, -0.05) is 20.8 Å². The quantitative estimate of drug-likeness (QED) is 0.842. The molecule has 1 saturated heterocycles. The van der Waals surface area contributed by atoms with E-state index in [1.54, 1.807) is 0 Å². The highest BCUT2D eigenvalue weighted by Gasteiger charge is 2.47. The summed E-state index contributed by atoms with van der Waals surface area (Å²) in [6.07, 6.45) is 4.74. The van der Waals surface area contributed by atoms with Gasteiger partial charge < -0.3 is 5.32 Å². The van der Waals surface area contributed by atoms with Crippen molar-refractivity contribution in [1.82, 2.24) is 10.2 Å². The molecule has 124 valence electrons. The van der Waals surface area contributed by atoms with Crippen molar-refractivity contribution in [2.24, 2.45) is 11.3 Å². The van der Waals surface area contributed by atoms with E-state index in [0.717, 1.165) is 32.0 Å². The number of nitrogens with one attached hydrogen (secondary N) is 1. The molecule has 0 spiro atoms. The molecule has 2 unspecified atom stereocenters. The van der Waals surface area contributed by atoms with Gasteiger partial charge in [0.05, 0.1) is 5.75 Å². The summed E-state index contributed by atoms with van der Waals surface area (Å²) < 4.78 is 22.7. The Kier molecular flexibility index (Phi) is 4.77. The molecule has 0 aromatic heterocycles. The number of nitrogens with zero attached hydrogens (tertiary/aromatic N) is 1. The van der Waals surface area contributed by atoms with Gasteiger partial charge in [-0.3, -0.25) is 4.90 Å². The summed E-state index contributed by atoms with van der Waals surface area (Å²) in [7, 11) is -2.85. The Balaban J connectivity index is 2.02. The van der Waals surface area contributed by atoms with Crippen LogP contribution >= 0.6 is 0 Å². The first-order valence-corrected chi connectivity index (χ1v) is 10.2. The zero-order chi connectivity index (χ0) is 15.9. The van der Waals surface area contributed by atoms with Gasteiger partial charge in [0, 0.05) is 30.9 Å². The molecule has 2 aliphatic rings. The van der Waals surface area contributed by atoms with Crippen molar-refractivity contribution in [2.45, 2.75) is 58.5 Å². The molecule has 2 atom stereocenters. The Labute approximate surface area is 130 Å². The minimum absolute atomic E-state index is 0.211. The Morgan fingerprint density at radius 2 is 1.90 bits per heavy atom. The molecule has 5 heteroatoms. The molecule has 0 bridgehead atoms. The molecule has 1 N–H and O–H groups in total. The molecular formula is C16H32N2O2S. The van der Waals surface area contributed by atoms with E-state index >= 15 is 0 Å². The number of sulfone groups is 1. The number of piperazine rings is 1. The molecule has 1 aliphatic heterocycles. The second-order valence-corrected chi connectivity index (χ2v) is 10.7. The second-order valence-electron chi connectivity index (χ2n) is 8.41. The van der Waals surface area contributed by atoms with E-state index in [2.05, 4.69) is 37.9 Å². The average molecular weight is 317 g/mol. The van der Waals surface area contributed by atoms with Gasteiger partial charge in [-0.05, 0) is 44.1 Å². The van der Waals surface area contributed by atoms with Gasteiger partial charge in [-0.15, -0.1) is 0 Å². The first kappa shape index (κ1) is 17.2. The van der Waals surface area contributed by atoms with Crippen LogP contribution in [0, 0.1) is 11.3 Å². The van der Waals surface area contributed by atoms with Crippen LogP contribution in [-0.4, -0.2) is 56.5 Å². The number of hydrogen-bond donors (Lipinski definition) is 1. The van der Waals surface area contributed by atoms with Crippen molar-refractivity contribution in [3.63, 3.8) is 0 Å². The molecule has 1 aliphatic carbocycles. The van der Waals surface area contributed by atoms with Crippen molar-refractivity contribution < 1.29 is 8.42 Å². The Bertz CT molecular complexity index is 465. The van der Waals surface area contributed by atoms with Crippen LogP contribution in [0.4, 0.5) is 0 Å². The van der Waals surface area contributed by atoms with E-state index < -0.39 is 9.84 Å². The van der Waals surface area contributed by atoms with E-state index in [9.17, 15) is 8.42 Å². The van der Waals surface area contributed by atoms with Crippen LogP contribution in [0.15, 0.2) is 0 Å². The molecular weight excluding hydrogens is 284 g/mol. The highest BCUT2D eigenvalue weighted by atomic mass is 32.2. The average Bonchev–Trinajstić information content (AvgIpc) is 3.09. The summed E-state index contributed by atoms with van der Waals surface area (Å²) in [5, 5.41) is 3.79. The van der Waals surface area contributed by atoms with Crippen molar-refractivity contribution >= 4 is 9.84 Å². The smallest absolute Gasteiger partial charge is 0.147 e. The van der Waals surface area contributed by atoms with Crippen LogP contribution in [0.3, 0.4) is 0 Å². The summed E-state index contributed by atoms with van der Waals surface area (Å²) in [5.74, 6) is 1.10. The van der Waals surface area contributed by atoms with Gasteiger partial charge >= 0.3 is 0 Å². The van der Waals surface area contributed by atoms with Crippen LogP contribution in [0.2, 0.25) is 0 Å². The maximum Gasteiger partial charge on any atom is 0.147 e. The van der Waals surface area contributed by atoms with Crippen LogP contribution in [0.5, 0.6) is 0 Å². The van der Waals surface area contributed by atoms with E-state index in [1.165, 1.54) is 19.1 Å². The Morgan fingerprint density at radius 1 is 1.29 bits per heavy atom. The van der Waals surface area contributed by atoms with Gasteiger partial charge in [0.2, 0.25) is 0 Å². The van der Waals surface area contributed by atoms with Crippen molar-refractivity contribution in [3.05, 3.63) is 0 Å². The molecule has 4 nitrogen and oxygen atoms in total. The fourth-order valence-corrected chi connectivity index (χ4v) is 4.31. The normalized spacial score (nSPS) is 32.3. The number of rotatable bonds is 5. The van der Waals surface area contributed by atoms with Gasteiger partial charge in [0.1, 0.15) is 9.84 Å². The lowest BCUT2D eigenvalue weighted by atomic mass is 9.80. The predicted octanol–water partition coefficient (Wildman–Crippen LogP) is 1.91.